The van der Waals surface area contributed by atoms with E-state index in [2.05, 4.69) is 0 Å². The van der Waals surface area contributed by atoms with E-state index in [0.717, 1.165) is 5.56 Å². The summed E-state index contributed by atoms with van der Waals surface area (Å²) in [5.74, 6) is -0.0533. The van der Waals surface area contributed by atoms with Crippen molar-refractivity contribution in [3.63, 3.8) is 0 Å². The van der Waals surface area contributed by atoms with Gasteiger partial charge >= 0.3 is 0 Å². The van der Waals surface area contributed by atoms with Crippen molar-refractivity contribution in [2.24, 2.45) is 0 Å². The lowest BCUT2D eigenvalue weighted by atomic mass is 10.1. The average molecular weight is 303 g/mol. The van der Waals surface area contributed by atoms with Crippen LogP contribution in [-0.4, -0.2) is 5.78 Å². The maximum absolute atomic E-state index is 11.8. The number of rotatable bonds is 4. The molecule has 2 aromatic rings. The summed E-state index contributed by atoms with van der Waals surface area (Å²) in [6.45, 7) is 0. The van der Waals surface area contributed by atoms with Gasteiger partial charge in [0.05, 0.1) is 0 Å². The molecule has 0 aliphatic carbocycles. The van der Waals surface area contributed by atoms with Crippen molar-refractivity contribution in [1.29, 1.82) is 0 Å². The lowest BCUT2D eigenvalue weighted by Crippen LogP contribution is -1.92. The van der Waals surface area contributed by atoms with E-state index in [9.17, 15) is 4.79 Å². The predicted molar refractivity (Wildman–Crippen MR) is 85.2 cm³/mol. The van der Waals surface area contributed by atoms with Crippen molar-refractivity contribution in [1.82, 2.24) is 0 Å². The summed E-state index contributed by atoms with van der Waals surface area (Å²) in [4.78, 5) is 11.8. The third-order valence-corrected chi connectivity index (χ3v) is 3.26. The molecule has 0 aromatic heterocycles. The van der Waals surface area contributed by atoms with Crippen LogP contribution in [0.25, 0.3) is 5.03 Å². The van der Waals surface area contributed by atoms with Gasteiger partial charge in [0.1, 0.15) is 0 Å². The van der Waals surface area contributed by atoms with Crippen molar-refractivity contribution in [3.8, 4) is 0 Å². The highest BCUT2D eigenvalue weighted by Gasteiger charge is 1.99. The lowest BCUT2D eigenvalue weighted by molar-refractivity contribution is 0.104. The summed E-state index contributed by atoms with van der Waals surface area (Å²) in [6, 6.07) is 16.3. The average Bonchev–Trinajstić information content (AvgIpc) is 2.48. The number of hydrogen-bond donors (Lipinski definition) is 0. The fourth-order valence-corrected chi connectivity index (χ4v) is 1.95. The highest BCUT2D eigenvalue weighted by atomic mass is 35.5. The molecule has 0 saturated carbocycles. The molecule has 0 amide bonds. The molecule has 0 fully saturated rings. The number of allylic oxidation sites excluding steroid dienone is 3. The molecule has 20 heavy (non-hydrogen) atoms. The molecule has 0 radical (unpaired) electrons. The van der Waals surface area contributed by atoms with Crippen LogP contribution in [0, 0.1) is 0 Å². The van der Waals surface area contributed by atoms with Crippen molar-refractivity contribution in [2.75, 3.05) is 0 Å². The zero-order chi connectivity index (χ0) is 14.4. The highest BCUT2D eigenvalue weighted by Crippen LogP contribution is 2.20. The highest BCUT2D eigenvalue weighted by molar-refractivity contribution is 6.49. The molecule has 0 bridgehead atoms. The van der Waals surface area contributed by atoms with E-state index in [1.165, 1.54) is 6.08 Å². The van der Waals surface area contributed by atoms with Crippen molar-refractivity contribution in [2.45, 2.75) is 0 Å². The molecule has 0 heterocycles. The van der Waals surface area contributed by atoms with Crippen molar-refractivity contribution >= 4 is 34.0 Å². The molecular weight excluding hydrogens is 291 g/mol. The molecule has 0 aliphatic heterocycles. The monoisotopic (exact) mass is 302 g/mol. The van der Waals surface area contributed by atoms with Crippen LogP contribution in [0.2, 0.25) is 5.02 Å². The largest absolute Gasteiger partial charge is 0.289 e. The van der Waals surface area contributed by atoms with E-state index in [4.69, 9.17) is 23.2 Å². The minimum absolute atomic E-state index is 0.0533. The topological polar surface area (TPSA) is 17.1 Å². The molecule has 0 spiro atoms. The number of halogens is 2. The molecule has 0 N–H and O–H groups in total. The molecule has 3 heteroatoms. The Hall–Kier alpha value is -1.83. The van der Waals surface area contributed by atoms with Gasteiger partial charge in [-0.05, 0) is 29.8 Å². The molecule has 2 aromatic carbocycles. The number of carbonyl (C=O) groups is 1. The molecule has 0 unspecified atom stereocenters. The van der Waals surface area contributed by atoms with Crippen LogP contribution >= 0.6 is 23.2 Å². The van der Waals surface area contributed by atoms with Gasteiger partial charge in [-0.25, -0.2) is 0 Å². The fourth-order valence-electron chi connectivity index (χ4n) is 1.62. The smallest absolute Gasteiger partial charge is 0.185 e. The van der Waals surface area contributed by atoms with Gasteiger partial charge in [0, 0.05) is 15.6 Å². The first kappa shape index (κ1) is 14.6. The van der Waals surface area contributed by atoms with Crippen LogP contribution in [-0.2, 0) is 0 Å². The Morgan fingerprint density at radius 3 is 2.20 bits per heavy atom. The van der Waals surface area contributed by atoms with Crippen LogP contribution in [0.4, 0.5) is 0 Å². The second-order valence-electron chi connectivity index (χ2n) is 4.11. The third-order valence-electron chi connectivity index (χ3n) is 2.67. The van der Waals surface area contributed by atoms with E-state index in [1.807, 2.05) is 30.3 Å². The van der Waals surface area contributed by atoms with Gasteiger partial charge in [-0.1, -0.05) is 71.7 Å². The van der Waals surface area contributed by atoms with Crippen LogP contribution in [0.1, 0.15) is 15.9 Å². The predicted octanol–water partition coefficient (Wildman–Crippen LogP) is 5.36. The Kier molecular flexibility index (Phi) is 5.16. The zero-order valence-electron chi connectivity index (χ0n) is 10.6. The van der Waals surface area contributed by atoms with Gasteiger partial charge in [-0.3, -0.25) is 4.79 Å². The summed E-state index contributed by atoms with van der Waals surface area (Å²) in [5, 5.41) is 1.21. The summed E-state index contributed by atoms with van der Waals surface area (Å²) >= 11 is 12.0. The number of ketones is 1. The molecular formula is C17H12Cl2O. The van der Waals surface area contributed by atoms with E-state index in [1.54, 1.807) is 36.4 Å². The second-order valence-corrected chi connectivity index (χ2v) is 4.95. The fraction of sp³-hybridized carbons (Fsp3) is 0. The van der Waals surface area contributed by atoms with Crippen LogP contribution in [0.5, 0.6) is 0 Å². The van der Waals surface area contributed by atoms with Crippen molar-refractivity contribution in [3.05, 3.63) is 89.0 Å². The maximum Gasteiger partial charge on any atom is 0.185 e. The van der Waals surface area contributed by atoms with Gasteiger partial charge in [0.2, 0.25) is 0 Å². The Labute approximate surface area is 128 Å². The number of benzene rings is 2. The number of carbonyl (C=O) groups excluding carboxylic acids is 1. The standard InChI is InChI=1S/C17H12Cl2O/c18-15-11-9-13(10-12-15)16(19)7-4-8-17(20)14-5-2-1-3-6-14/h1-12H/b8-4-,16-7-. The Morgan fingerprint density at radius 2 is 1.55 bits per heavy atom. The second kappa shape index (κ2) is 7.09. The first-order valence-electron chi connectivity index (χ1n) is 6.06. The van der Waals surface area contributed by atoms with Crippen LogP contribution in [0.15, 0.2) is 72.8 Å². The molecule has 0 saturated heterocycles. The molecule has 1 nitrogen and oxygen atoms in total. The Morgan fingerprint density at radius 1 is 0.900 bits per heavy atom. The molecule has 100 valence electrons. The summed E-state index contributed by atoms with van der Waals surface area (Å²) in [6.07, 6.45) is 4.82. The Balaban J connectivity index is 2.06. The third kappa shape index (κ3) is 4.09. The molecule has 2 rings (SSSR count). The van der Waals surface area contributed by atoms with Gasteiger partial charge in [-0.2, -0.15) is 0 Å². The van der Waals surface area contributed by atoms with Crippen LogP contribution in [0.3, 0.4) is 0 Å². The summed E-state index contributed by atoms with van der Waals surface area (Å²) < 4.78 is 0. The quantitative estimate of drug-likeness (QED) is 0.422. The molecule has 0 atom stereocenters. The normalized spacial score (nSPS) is 11.8. The van der Waals surface area contributed by atoms with Gasteiger partial charge < -0.3 is 0 Å². The summed E-state index contributed by atoms with van der Waals surface area (Å²) in [7, 11) is 0. The van der Waals surface area contributed by atoms with E-state index >= 15 is 0 Å². The van der Waals surface area contributed by atoms with E-state index < -0.39 is 0 Å². The first-order chi connectivity index (χ1) is 9.66. The minimum Gasteiger partial charge on any atom is -0.289 e. The SMILES string of the molecule is O=C(/C=C\C=C(/Cl)c1ccc(Cl)cc1)c1ccccc1. The van der Waals surface area contributed by atoms with Gasteiger partial charge in [0.15, 0.2) is 5.78 Å². The van der Waals surface area contributed by atoms with E-state index in [0.29, 0.717) is 15.6 Å². The number of hydrogen-bond acceptors (Lipinski definition) is 1. The minimum atomic E-state index is -0.0533. The van der Waals surface area contributed by atoms with Gasteiger partial charge in [-0.15, -0.1) is 0 Å². The Bertz CT molecular complexity index is 640. The maximum atomic E-state index is 11.8. The zero-order valence-corrected chi connectivity index (χ0v) is 12.1. The van der Waals surface area contributed by atoms with Gasteiger partial charge in [0.25, 0.3) is 0 Å². The first-order valence-corrected chi connectivity index (χ1v) is 6.81. The summed E-state index contributed by atoms with van der Waals surface area (Å²) in [5.41, 5.74) is 1.51. The van der Waals surface area contributed by atoms with Crippen molar-refractivity contribution < 1.29 is 4.79 Å². The molecule has 0 aliphatic rings. The van der Waals surface area contributed by atoms with E-state index in [-0.39, 0.29) is 5.78 Å². The van der Waals surface area contributed by atoms with Crippen LogP contribution < -0.4 is 0 Å². The lowest BCUT2D eigenvalue weighted by Gasteiger charge is -1.98.